The molecular formula is C16H20N4O4. The maximum Gasteiger partial charge on any atom is 0.328 e. The normalized spacial score (nSPS) is 10.5. The van der Waals surface area contributed by atoms with E-state index in [0.29, 0.717) is 12.4 Å². The molecule has 0 atom stereocenters. The van der Waals surface area contributed by atoms with E-state index < -0.39 is 11.2 Å². The van der Waals surface area contributed by atoms with E-state index in [-0.39, 0.29) is 18.9 Å². The van der Waals surface area contributed by atoms with Crippen LogP contribution in [-0.4, -0.2) is 27.6 Å². The number of nitrogens with zero attached hydrogens (tertiary/aromatic N) is 2. The minimum Gasteiger partial charge on any atom is -0.481 e. The molecule has 2 heterocycles. The SMILES string of the molecule is COc1nc(C)cc(C)c1CNC(=O)CCn1ccc(=O)[nH]c1=O. The van der Waals surface area contributed by atoms with E-state index in [0.717, 1.165) is 16.8 Å². The molecule has 0 fully saturated rings. The molecule has 0 unspecified atom stereocenters. The van der Waals surface area contributed by atoms with Crippen molar-refractivity contribution in [3.8, 4) is 5.88 Å². The van der Waals surface area contributed by atoms with Gasteiger partial charge in [-0.3, -0.25) is 14.6 Å². The Morgan fingerprint density at radius 2 is 2.12 bits per heavy atom. The number of aromatic amines is 1. The van der Waals surface area contributed by atoms with Gasteiger partial charge in [0.15, 0.2) is 0 Å². The summed E-state index contributed by atoms with van der Waals surface area (Å²) >= 11 is 0. The molecule has 0 spiro atoms. The van der Waals surface area contributed by atoms with Crippen LogP contribution >= 0.6 is 0 Å². The van der Waals surface area contributed by atoms with Crippen molar-refractivity contribution in [1.29, 1.82) is 0 Å². The molecule has 8 heteroatoms. The number of aryl methyl sites for hydroxylation is 3. The number of carbonyl (C=O) groups excluding carboxylic acids is 1. The van der Waals surface area contributed by atoms with E-state index in [9.17, 15) is 14.4 Å². The number of aromatic nitrogens is 3. The predicted molar refractivity (Wildman–Crippen MR) is 88.0 cm³/mol. The first kappa shape index (κ1) is 17.5. The lowest BCUT2D eigenvalue weighted by Gasteiger charge is -2.13. The van der Waals surface area contributed by atoms with Gasteiger partial charge in [0, 0.05) is 43.0 Å². The largest absolute Gasteiger partial charge is 0.481 e. The number of pyridine rings is 1. The number of amides is 1. The monoisotopic (exact) mass is 332 g/mol. The maximum absolute atomic E-state index is 12.0. The number of ether oxygens (including phenoxy) is 1. The average Bonchev–Trinajstić information content (AvgIpc) is 2.52. The van der Waals surface area contributed by atoms with Gasteiger partial charge in [0.05, 0.1) is 7.11 Å². The summed E-state index contributed by atoms with van der Waals surface area (Å²) in [6.07, 6.45) is 1.48. The number of rotatable bonds is 6. The summed E-state index contributed by atoms with van der Waals surface area (Å²) in [7, 11) is 1.54. The van der Waals surface area contributed by atoms with Crippen LogP contribution in [0.2, 0.25) is 0 Å². The molecule has 24 heavy (non-hydrogen) atoms. The maximum atomic E-state index is 12.0. The first-order valence-corrected chi connectivity index (χ1v) is 7.48. The van der Waals surface area contributed by atoms with Gasteiger partial charge >= 0.3 is 5.69 Å². The number of hydrogen-bond acceptors (Lipinski definition) is 5. The van der Waals surface area contributed by atoms with Crippen LogP contribution in [0, 0.1) is 13.8 Å². The van der Waals surface area contributed by atoms with Crippen molar-refractivity contribution in [2.24, 2.45) is 0 Å². The molecule has 0 radical (unpaired) electrons. The fourth-order valence-corrected chi connectivity index (χ4v) is 2.33. The van der Waals surface area contributed by atoms with Gasteiger partial charge in [-0.15, -0.1) is 0 Å². The zero-order valence-electron chi connectivity index (χ0n) is 13.9. The summed E-state index contributed by atoms with van der Waals surface area (Å²) < 4.78 is 6.53. The van der Waals surface area contributed by atoms with Crippen LogP contribution < -0.4 is 21.3 Å². The molecule has 0 aliphatic heterocycles. The van der Waals surface area contributed by atoms with Crippen molar-refractivity contribution in [1.82, 2.24) is 19.9 Å². The van der Waals surface area contributed by atoms with E-state index >= 15 is 0 Å². The molecule has 1 amide bonds. The van der Waals surface area contributed by atoms with Crippen LogP contribution in [0.3, 0.4) is 0 Å². The van der Waals surface area contributed by atoms with Gasteiger partial charge in [-0.05, 0) is 25.5 Å². The third-order valence-corrected chi connectivity index (χ3v) is 3.57. The minimum absolute atomic E-state index is 0.118. The lowest BCUT2D eigenvalue weighted by atomic mass is 10.1. The topological polar surface area (TPSA) is 106 Å². The third-order valence-electron chi connectivity index (χ3n) is 3.57. The highest BCUT2D eigenvalue weighted by molar-refractivity contribution is 5.75. The molecule has 0 saturated carbocycles. The van der Waals surface area contributed by atoms with Crippen LogP contribution in [0.1, 0.15) is 23.2 Å². The van der Waals surface area contributed by atoms with Crippen LogP contribution in [0.25, 0.3) is 0 Å². The molecule has 0 aliphatic rings. The van der Waals surface area contributed by atoms with Crippen LogP contribution in [0.4, 0.5) is 0 Å². The summed E-state index contributed by atoms with van der Waals surface area (Å²) in [5.41, 5.74) is 1.65. The predicted octanol–water partition coefficient (Wildman–Crippen LogP) is 0.264. The van der Waals surface area contributed by atoms with Gasteiger partial charge in [-0.2, -0.15) is 0 Å². The van der Waals surface area contributed by atoms with Gasteiger partial charge in [-0.25, -0.2) is 9.78 Å². The zero-order chi connectivity index (χ0) is 17.7. The van der Waals surface area contributed by atoms with Crippen molar-refractivity contribution in [3.05, 3.63) is 56.0 Å². The highest BCUT2D eigenvalue weighted by Gasteiger charge is 2.11. The zero-order valence-corrected chi connectivity index (χ0v) is 13.9. The Hall–Kier alpha value is -2.90. The summed E-state index contributed by atoms with van der Waals surface area (Å²) in [6, 6.07) is 3.16. The second kappa shape index (κ2) is 7.58. The summed E-state index contributed by atoms with van der Waals surface area (Å²) in [5, 5.41) is 2.79. The molecule has 0 aromatic carbocycles. The van der Waals surface area contributed by atoms with E-state index in [1.54, 1.807) is 0 Å². The van der Waals surface area contributed by atoms with Crippen molar-refractivity contribution in [2.45, 2.75) is 33.4 Å². The first-order chi connectivity index (χ1) is 11.4. The second-order valence-electron chi connectivity index (χ2n) is 5.40. The van der Waals surface area contributed by atoms with Gasteiger partial charge in [0.2, 0.25) is 11.8 Å². The number of methoxy groups -OCH3 is 1. The van der Waals surface area contributed by atoms with Crippen molar-refractivity contribution >= 4 is 5.91 Å². The van der Waals surface area contributed by atoms with Gasteiger partial charge in [0.1, 0.15) is 0 Å². The highest BCUT2D eigenvalue weighted by atomic mass is 16.5. The van der Waals surface area contributed by atoms with E-state index in [4.69, 9.17) is 4.74 Å². The molecule has 2 rings (SSSR count). The summed E-state index contributed by atoms with van der Waals surface area (Å²) in [4.78, 5) is 41.0. The molecule has 128 valence electrons. The quantitative estimate of drug-likeness (QED) is 0.789. The molecule has 0 saturated heterocycles. The molecule has 0 aliphatic carbocycles. The van der Waals surface area contributed by atoms with E-state index in [2.05, 4.69) is 15.3 Å². The fraction of sp³-hybridized carbons (Fsp3) is 0.375. The van der Waals surface area contributed by atoms with Crippen molar-refractivity contribution < 1.29 is 9.53 Å². The molecule has 0 bridgehead atoms. The van der Waals surface area contributed by atoms with Crippen LogP contribution in [0.5, 0.6) is 5.88 Å². The van der Waals surface area contributed by atoms with Crippen molar-refractivity contribution in [3.63, 3.8) is 0 Å². The fourth-order valence-electron chi connectivity index (χ4n) is 2.33. The van der Waals surface area contributed by atoms with Gasteiger partial charge in [-0.1, -0.05) is 0 Å². The Bertz CT molecular complexity index is 854. The number of H-pyrrole nitrogens is 1. The van der Waals surface area contributed by atoms with Gasteiger partial charge < -0.3 is 14.6 Å². The second-order valence-corrected chi connectivity index (χ2v) is 5.40. The summed E-state index contributed by atoms with van der Waals surface area (Å²) in [5.74, 6) is 0.278. The van der Waals surface area contributed by atoms with Crippen molar-refractivity contribution in [2.75, 3.05) is 7.11 Å². The molecule has 2 N–H and O–H groups in total. The third kappa shape index (κ3) is 4.31. The molecule has 2 aromatic heterocycles. The van der Waals surface area contributed by atoms with Crippen LogP contribution in [-0.2, 0) is 17.9 Å². The number of nitrogens with one attached hydrogen (secondary N) is 2. The highest BCUT2D eigenvalue weighted by Crippen LogP contribution is 2.20. The number of carbonyl (C=O) groups is 1. The molecule has 8 nitrogen and oxygen atoms in total. The van der Waals surface area contributed by atoms with Crippen LogP contribution in [0.15, 0.2) is 27.9 Å². The molecular weight excluding hydrogens is 312 g/mol. The lowest BCUT2D eigenvalue weighted by Crippen LogP contribution is -2.31. The summed E-state index contributed by atoms with van der Waals surface area (Å²) in [6.45, 7) is 4.28. The Balaban J connectivity index is 1.96. The standard InChI is InChI=1S/C16H20N4O4/c1-10-8-11(2)18-15(24-3)12(10)9-17-13(21)4-6-20-7-5-14(22)19-16(20)23/h5,7-8H,4,6,9H2,1-3H3,(H,17,21)(H,19,22,23). The van der Waals surface area contributed by atoms with E-state index in [1.165, 1.54) is 23.9 Å². The average molecular weight is 332 g/mol. The smallest absolute Gasteiger partial charge is 0.328 e. The number of hydrogen-bond donors (Lipinski definition) is 2. The minimum atomic E-state index is -0.532. The Kier molecular flexibility index (Phi) is 5.51. The lowest BCUT2D eigenvalue weighted by molar-refractivity contribution is -0.121. The molecule has 2 aromatic rings. The Morgan fingerprint density at radius 1 is 1.38 bits per heavy atom. The van der Waals surface area contributed by atoms with Gasteiger partial charge in [0.25, 0.3) is 5.56 Å². The first-order valence-electron chi connectivity index (χ1n) is 7.48. The van der Waals surface area contributed by atoms with E-state index in [1.807, 2.05) is 19.9 Å². The Labute approximate surface area is 138 Å². The Morgan fingerprint density at radius 3 is 2.79 bits per heavy atom.